The minimum absolute atomic E-state index is 0.0554. The molecule has 0 bridgehead atoms. The van der Waals surface area contributed by atoms with Crippen molar-refractivity contribution < 1.29 is 28.6 Å². The Labute approximate surface area is 132 Å². The molecule has 0 aliphatic heterocycles. The summed E-state index contributed by atoms with van der Waals surface area (Å²) in [5.74, 6) is -1.76. The van der Waals surface area contributed by atoms with E-state index in [1.54, 1.807) is 0 Å². The number of ketones is 1. The first kappa shape index (κ1) is 16.5. The van der Waals surface area contributed by atoms with E-state index in [4.69, 9.17) is 14.6 Å². The molecule has 0 saturated carbocycles. The van der Waals surface area contributed by atoms with E-state index >= 15 is 0 Å². The summed E-state index contributed by atoms with van der Waals surface area (Å²) >= 11 is 0. The second-order valence-corrected chi connectivity index (χ2v) is 4.75. The molecule has 0 spiro atoms. The molecule has 0 heterocycles. The molecule has 5 nitrogen and oxygen atoms in total. The topological polar surface area (TPSA) is 72.8 Å². The second kappa shape index (κ2) is 6.91. The number of rotatable bonds is 6. The van der Waals surface area contributed by atoms with Gasteiger partial charge < -0.3 is 14.6 Å². The van der Waals surface area contributed by atoms with Gasteiger partial charge in [-0.05, 0) is 23.8 Å². The number of carboxylic acids is 1. The van der Waals surface area contributed by atoms with Gasteiger partial charge in [0.25, 0.3) is 0 Å². The summed E-state index contributed by atoms with van der Waals surface area (Å²) in [7, 11) is 2.76. The number of ether oxygens (including phenoxy) is 2. The summed E-state index contributed by atoms with van der Waals surface area (Å²) < 4.78 is 23.8. The Balaban J connectivity index is 2.65. The Hall–Kier alpha value is -2.89. The van der Waals surface area contributed by atoms with Gasteiger partial charge in [-0.15, -0.1) is 0 Å². The van der Waals surface area contributed by atoms with Crippen LogP contribution in [-0.2, 0) is 11.2 Å². The van der Waals surface area contributed by atoms with Crippen molar-refractivity contribution in [2.75, 3.05) is 14.2 Å². The van der Waals surface area contributed by atoms with Crippen molar-refractivity contribution in [2.24, 2.45) is 0 Å². The van der Waals surface area contributed by atoms with Crippen LogP contribution in [0.2, 0.25) is 0 Å². The van der Waals surface area contributed by atoms with Crippen molar-refractivity contribution in [1.29, 1.82) is 0 Å². The standard InChI is InChI=1S/C17H15FO5/c1-22-13-7-6-10(9-14(19)20)15(17(13)23-2)16(21)11-4-3-5-12(18)8-11/h3-8H,9H2,1-2H3,(H,19,20). The number of hydrogen-bond acceptors (Lipinski definition) is 4. The molecule has 0 unspecified atom stereocenters. The van der Waals surface area contributed by atoms with E-state index in [-0.39, 0.29) is 28.9 Å². The Bertz CT molecular complexity index is 755. The molecular formula is C17H15FO5. The normalized spacial score (nSPS) is 10.2. The van der Waals surface area contributed by atoms with Gasteiger partial charge in [-0.25, -0.2) is 4.39 Å². The van der Waals surface area contributed by atoms with Crippen molar-refractivity contribution in [1.82, 2.24) is 0 Å². The molecule has 0 aliphatic rings. The number of carbonyl (C=O) groups is 2. The SMILES string of the molecule is COc1ccc(CC(=O)O)c(C(=O)c2cccc(F)c2)c1OC. The van der Waals surface area contributed by atoms with Crippen LogP contribution in [0.3, 0.4) is 0 Å². The third-order valence-electron chi connectivity index (χ3n) is 3.29. The van der Waals surface area contributed by atoms with Crippen LogP contribution in [0.1, 0.15) is 21.5 Å². The highest BCUT2D eigenvalue weighted by molar-refractivity contribution is 6.12. The zero-order valence-electron chi connectivity index (χ0n) is 12.6. The van der Waals surface area contributed by atoms with Crippen LogP contribution in [0, 0.1) is 5.82 Å². The van der Waals surface area contributed by atoms with Crippen LogP contribution < -0.4 is 9.47 Å². The van der Waals surface area contributed by atoms with E-state index in [0.29, 0.717) is 5.75 Å². The average Bonchev–Trinajstić information content (AvgIpc) is 2.53. The molecule has 0 atom stereocenters. The number of aliphatic carboxylic acids is 1. The molecule has 0 radical (unpaired) electrons. The molecule has 0 saturated heterocycles. The molecule has 120 valence electrons. The minimum atomic E-state index is -1.09. The summed E-state index contributed by atoms with van der Waals surface area (Å²) in [6.45, 7) is 0. The van der Waals surface area contributed by atoms with Gasteiger partial charge in [-0.1, -0.05) is 18.2 Å². The molecule has 6 heteroatoms. The first-order chi connectivity index (χ1) is 11.0. The third-order valence-corrected chi connectivity index (χ3v) is 3.29. The fourth-order valence-electron chi connectivity index (χ4n) is 2.30. The van der Waals surface area contributed by atoms with Gasteiger partial charge in [0.15, 0.2) is 17.3 Å². The van der Waals surface area contributed by atoms with Gasteiger partial charge in [0.05, 0.1) is 26.2 Å². The van der Waals surface area contributed by atoms with Crippen LogP contribution in [0.15, 0.2) is 36.4 Å². The Morgan fingerprint density at radius 1 is 1.13 bits per heavy atom. The first-order valence-corrected chi connectivity index (χ1v) is 6.73. The highest BCUT2D eigenvalue weighted by Gasteiger charge is 2.23. The lowest BCUT2D eigenvalue weighted by Crippen LogP contribution is -2.12. The van der Waals surface area contributed by atoms with Gasteiger partial charge in [0.2, 0.25) is 0 Å². The van der Waals surface area contributed by atoms with E-state index in [1.807, 2.05) is 0 Å². The summed E-state index contributed by atoms with van der Waals surface area (Å²) in [5.41, 5.74) is 0.424. The van der Waals surface area contributed by atoms with Crippen LogP contribution in [0.25, 0.3) is 0 Å². The molecule has 0 aromatic heterocycles. The van der Waals surface area contributed by atoms with Crippen molar-refractivity contribution in [2.45, 2.75) is 6.42 Å². The Morgan fingerprint density at radius 2 is 1.87 bits per heavy atom. The fourth-order valence-corrected chi connectivity index (χ4v) is 2.30. The number of carbonyl (C=O) groups excluding carboxylic acids is 1. The average molecular weight is 318 g/mol. The zero-order chi connectivity index (χ0) is 17.0. The minimum Gasteiger partial charge on any atom is -0.493 e. The number of benzene rings is 2. The van der Waals surface area contributed by atoms with Gasteiger partial charge in [0, 0.05) is 5.56 Å². The monoisotopic (exact) mass is 318 g/mol. The van der Waals surface area contributed by atoms with Crippen molar-refractivity contribution >= 4 is 11.8 Å². The molecule has 2 rings (SSSR count). The number of hydrogen-bond donors (Lipinski definition) is 1. The molecule has 0 fully saturated rings. The largest absolute Gasteiger partial charge is 0.493 e. The maximum absolute atomic E-state index is 13.4. The predicted molar refractivity (Wildman–Crippen MR) is 80.7 cm³/mol. The van der Waals surface area contributed by atoms with Crippen molar-refractivity contribution in [3.8, 4) is 11.5 Å². The third kappa shape index (κ3) is 3.48. The second-order valence-electron chi connectivity index (χ2n) is 4.75. The van der Waals surface area contributed by atoms with Gasteiger partial charge in [-0.3, -0.25) is 9.59 Å². The Kier molecular flexibility index (Phi) is 4.95. The summed E-state index contributed by atoms with van der Waals surface area (Å²) in [6.07, 6.45) is -0.364. The highest BCUT2D eigenvalue weighted by Crippen LogP contribution is 2.35. The molecule has 1 N–H and O–H groups in total. The van der Waals surface area contributed by atoms with E-state index in [9.17, 15) is 14.0 Å². The van der Waals surface area contributed by atoms with Crippen LogP contribution in [0.4, 0.5) is 4.39 Å². The van der Waals surface area contributed by atoms with Crippen LogP contribution in [0.5, 0.6) is 11.5 Å². The molecule has 0 amide bonds. The molecule has 2 aromatic carbocycles. The summed E-state index contributed by atoms with van der Waals surface area (Å²) in [4.78, 5) is 23.8. The summed E-state index contributed by atoms with van der Waals surface area (Å²) in [5, 5.41) is 9.03. The van der Waals surface area contributed by atoms with E-state index < -0.39 is 17.6 Å². The first-order valence-electron chi connectivity index (χ1n) is 6.73. The lowest BCUT2D eigenvalue weighted by molar-refractivity contribution is -0.136. The molecule has 23 heavy (non-hydrogen) atoms. The van der Waals surface area contributed by atoms with Crippen LogP contribution in [-0.4, -0.2) is 31.1 Å². The van der Waals surface area contributed by atoms with E-state index in [1.165, 1.54) is 44.6 Å². The zero-order valence-corrected chi connectivity index (χ0v) is 12.6. The van der Waals surface area contributed by atoms with Crippen molar-refractivity contribution in [3.05, 3.63) is 58.9 Å². The lowest BCUT2D eigenvalue weighted by Gasteiger charge is -2.15. The maximum Gasteiger partial charge on any atom is 0.307 e. The van der Waals surface area contributed by atoms with Gasteiger partial charge in [-0.2, -0.15) is 0 Å². The van der Waals surface area contributed by atoms with Crippen molar-refractivity contribution in [3.63, 3.8) is 0 Å². The molecule has 2 aromatic rings. The number of carboxylic acid groups (broad SMARTS) is 1. The Morgan fingerprint density at radius 3 is 2.43 bits per heavy atom. The highest BCUT2D eigenvalue weighted by atomic mass is 19.1. The van der Waals surface area contributed by atoms with Gasteiger partial charge >= 0.3 is 5.97 Å². The molecular weight excluding hydrogens is 303 g/mol. The number of halogens is 1. The lowest BCUT2D eigenvalue weighted by atomic mass is 9.95. The number of methoxy groups -OCH3 is 2. The fraction of sp³-hybridized carbons (Fsp3) is 0.176. The van der Waals surface area contributed by atoms with Gasteiger partial charge in [0.1, 0.15) is 5.82 Å². The van der Waals surface area contributed by atoms with Crippen LogP contribution >= 0.6 is 0 Å². The summed E-state index contributed by atoms with van der Waals surface area (Å²) in [6, 6.07) is 8.19. The molecule has 0 aliphatic carbocycles. The maximum atomic E-state index is 13.4. The smallest absolute Gasteiger partial charge is 0.307 e. The predicted octanol–water partition coefficient (Wildman–Crippen LogP) is 2.70. The van der Waals surface area contributed by atoms with E-state index in [0.717, 1.165) is 6.07 Å². The van der Waals surface area contributed by atoms with E-state index in [2.05, 4.69) is 0 Å². The quantitative estimate of drug-likeness (QED) is 0.829.